The van der Waals surface area contributed by atoms with Crippen LogP contribution in [-0.2, 0) is 16.0 Å². The van der Waals surface area contributed by atoms with E-state index in [1.807, 2.05) is 83.4 Å². The number of carboxylic acid groups (broad SMARTS) is 1. The average Bonchev–Trinajstić information content (AvgIpc) is 3.51. The fourth-order valence-corrected chi connectivity index (χ4v) is 5.76. The zero-order chi connectivity index (χ0) is 28.5. The normalized spacial score (nSPS) is 12.9. The lowest BCUT2D eigenvalue weighted by Gasteiger charge is -2.18. The maximum atomic E-state index is 13.0. The number of hydrogen-bond acceptors (Lipinski definition) is 5. The van der Waals surface area contributed by atoms with Crippen molar-refractivity contribution < 1.29 is 24.2 Å². The summed E-state index contributed by atoms with van der Waals surface area (Å²) in [6, 6.07) is 25.9. The molecule has 0 bridgehead atoms. The summed E-state index contributed by atoms with van der Waals surface area (Å²) in [7, 11) is 1.59. The number of aliphatic carboxylic acids is 1. The minimum atomic E-state index is -1.25. The van der Waals surface area contributed by atoms with Crippen molar-refractivity contribution >= 4 is 33.6 Å². The van der Waals surface area contributed by atoms with Crippen LogP contribution in [0.15, 0.2) is 95.6 Å². The van der Waals surface area contributed by atoms with Crippen molar-refractivity contribution in [2.75, 3.05) is 13.7 Å². The van der Waals surface area contributed by atoms with Crippen molar-refractivity contribution in [3.8, 4) is 28.1 Å². The molecule has 0 saturated carbocycles. The maximum Gasteiger partial charge on any atom is 0.407 e. The summed E-state index contributed by atoms with van der Waals surface area (Å²) in [6.45, 7) is 0.0891. The number of rotatable bonds is 8. The number of pyridine rings is 1. The Bertz CT molecular complexity index is 1720. The minimum absolute atomic E-state index is 0.0154. The van der Waals surface area contributed by atoms with E-state index in [9.17, 15) is 14.7 Å². The summed E-state index contributed by atoms with van der Waals surface area (Å²) in [4.78, 5) is 30.1. The van der Waals surface area contributed by atoms with Crippen molar-refractivity contribution in [3.05, 3.63) is 112 Å². The third-order valence-corrected chi connectivity index (χ3v) is 7.85. The Hall–Kier alpha value is -4.63. The number of halogens is 1. The number of hydrogen-bond donors (Lipinski definition) is 2. The lowest BCUT2D eigenvalue weighted by atomic mass is 9.98. The molecule has 1 aliphatic rings. The van der Waals surface area contributed by atoms with Crippen LogP contribution in [0.2, 0.25) is 0 Å². The number of amides is 1. The van der Waals surface area contributed by atoms with Crippen LogP contribution >= 0.6 is 15.9 Å². The number of alkyl carbamates (subject to hydrolysis) is 1. The second kappa shape index (κ2) is 11.1. The van der Waals surface area contributed by atoms with Gasteiger partial charge in [-0.3, -0.25) is 0 Å². The smallest absolute Gasteiger partial charge is 0.407 e. The van der Waals surface area contributed by atoms with E-state index < -0.39 is 18.1 Å². The SMILES string of the molecule is COc1ccc(-c2nc3ccc(Br)cn3c2CC(NC(=O)OCC2c3ccccc3-c3ccccc32)C(=O)O)cc1. The Morgan fingerprint density at radius 3 is 2.27 bits per heavy atom. The van der Waals surface area contributed by atoms with E-state index in [0.29, 0.717) is 22.8 Å². The number of nitrogens with zero attached hydrogens (tertiary/aromatic N) is 2. The number of carbonyl (C=O) groups excluding carboxylic acids is 1. The van der Waals surface area contributed by atoms with Crippen LogP contribution in [0.3, 0.4) is 0 Å². The molecule has 2 heterocycles. The number of carbonyl (C=O) groups is 2. The summed E-state index contributed by atoms with van der Waals surface area (Å²) in [5.41, 5.74) is 7.10. The zero-order valence-electron chi connectivity index (χ0n) is 22.1. The van der Waals surface area contributed by atoms with Gasteiger partial charge in [0.05, 0.1) is 18.5 Å². The Labute approximate surface area is 244 Å². The molecule has 9 heteroatoms. The van der Waals surface area contributed by atoms with E-state index in [4.69, 9.17) is 14.5 Å². The van der Waals surface area contributed by atoms with Gasteiger partial charge >= 0.3 is 12.1 Å². The van der Waals surface area contributed by atoms with Crippen molar-refractivity contribution in [2.24, 2.45) is 0 Å². The highest BCUT2D eigenvalue weighted by atomic mass is 79.9. The second-order valence-corrected chi connectivity index (χ2v) is 10.7. The molecule has 5 aromatic rings. The molecule has 1 unspecified atom stereocenters. The number of methoxy groups -OCH3 is 1. The van der Waals surface area contributed by atoms with E-state index in [0.717, 1.165) is 32.3 Å². The third-order valence-electron chi connectivity index (χ3n) is 7.38. The van der Waals surface area contributed by atoms with E-state index >= 15 is 0 Å². The molecule has 1 atom stereocenters. The van der Waals surface area contributed by atoms with Crippen LogP contribution in [0.5, 0.6) is 5.75 Å². The summed E-state index contributed by atoms with van der Waals surface area (Å²) in [5, 5.41) is 12.7. The summed E-state index contributed by atoms with van der Waals surface area (Å²) < 4.78 is 13.5. The van der Waals surface area contributed by atoms with Gasteiger partial charge in [-0.25, -0.2) is 14.6 Å². The van der Waals surface area contributed by atoms with Gasteiger partial charge in [0, 0.05) is 28.6 Å². The molecule has 0 fully saturated rings. The van der Waals surface area contributed by atoms with Gasteiger partial charge in [0.25, 0.3) is 0 Å². The molecule has 8 nitrogen and oxygen atoms in total. The van der Waals surface area contributed by atoms with Crippen molar-refractivity contribution in [1.29, 1.82) is 0 Å². The number of nitrogens with one attached hydrogen (secondary N) is 1. The monoisotopic (exact) mass is 611 g/mol. The van der Waals surface area contributed by atoms with Gasteiger partial charge < -0.3 is 24.3 Å². The van der Waals surface area contributed by atoms with Crippen molar-refractivity contribution in [2.45, 2.75) is 18.4 Å². The highest BCUT2D eigenvalue weighted by Gasteiger charge is 2.30. The van der Waals surface area contributed by atoms with Crippen molar-refractivity contribution in [1.82, 2.24) is 14.7 Å². The number of aromatic nitrogens is 2. The number of benzene rings is 3. The first kappa shape index (κ1) is 26.6. The fourth-order valence-electron chi connectivity index (χ4n) is 5.42. The topological polar surface area (TPSA) is 102 Å². The van der Waals surface area contributed by atoms with Crippen LogP contribution in [0.25, 0.3) is 28.0 Å². The average molecular weight is 612 g/mol. The van der Waals surface area contributed by atoms with Gasteiger partial charge in [-0.15, -0.1) is 0 Å². The Morgan fingerprint density at radius 2 is 1.63 bits per heavy atom. The van der Waals surface area contributed by atoms with E-state index in [-0.39, 0.29) is 18.9 Å². The molecule has 41 heavy (non-hydrogen) atoms. The van der Waals surface area contributed by atoms with Crippen LogP contribution in [-0.4, -0.2) is 46.3 Å². The Kier molecular flexibility index (Phi) is 7.19. The molecule has 3 aromatic carbocycles. The second-order valence-electron chi connectivity index (χ2n) is 9.78. The molecule has 2 N–H and O–H groups in total. The van der Waals surface area contributed by atoms with Crippen LogP contribution in [0.4, 0.5) is 4.79 Å². The van der Waals surface area contributed by atoms with E-state index in [2.05, 4.69) is 33.4 Å². The number of ether oxygens (including phenoxy) is 2. The van der Waals surface area contributed by atoms with E-state index in [1.165, 1.54) is 0 Å². The summed E-state index contributed by atoms with van der Waals surface area (Å²) >= 11 is 3.49. The van der Waals surface area contributed by atoms with Gasteiger partial charge in [-0.2, -0.15) is 0 Å². The Morgan fingerprint density at radius 1 is 0.976 bits per heavy atom. The number of carboxylic acids is 1. The number of imidazole rings is 1. The fraction of sp³-hybridized carbons (Fsp3) is 0.156. The molecule has 1 amide bonds. The first-order chi connectivity index (χ1) is 19.9. The zero-order valence-corrected chi connectivity index (χ0v) is 23.7. The highest BCUT2D eigenvalue weighted by Crippen LogP contribution is 2.44. The van der Waals surface area contributed by atoms with Gasteiger partial charge in [0.15, 0.2) is 0 Å². The van der Waals surface area contributed by atoms with Gasteiger partial charge in [0.2, 0.25) is 0 Å². The molecular weight excluding hydrogens is 586 g/mol. The number of fused-ring (bicyclic) bond motifs is 4. The molecular formula is C32H26BrN3O5. The predicted molar refractivity (Wildman–Crippen MR) is 158 cm³/mol. The molecule has 0 saturated heterocycles. The maximum absolute atomic E-state index is 13.0. The summed E-state index contributed by atoms with van der Waals surface area (Å²) in [6.07, 6.45) is 1.02. The van der Waals surface area contributed by atoms with Crippen LogP contribution in [0, 0.1) is 0 Å². The Balaban J connectivity index is 1.24. The standard InChI is InChI=1S/C32H26BrN3O5/c1-40-21-13-10-19(11-14-21)30-28(36-17-20(33)12-15-29(36)35-30)16-27(31(37)38)34-32(39)41-18-26-24-8-4-2-6-22(24)23-7-3-5-9-25(23)26/h2-15,17,26-27H,16,18H2,1H3,(H,34,39)(H,37,38). The predicted octanol–water partition coefficient (Wildman–Crippen LogP) is 6.31. The molecule has 0 spiro atoms. The largest absolute Gasteiger partial charge is 0.497 e. The first-order valence-electron chi connectivity index (χ1n) is 13.1. The van der Waals surface area contributed by atoms with Crippen LogP contribution < -0.4 is 10.1 Å². The van der Waals surface area contributed by atoms with Gasteiger partial charge in [0.1, 0.15) is 24.0 Å². The quantitative estimate of drug-likeness (QED) is 0.213. The minimum Gasteiger partial charge on any atom is -0.497 e. The highest BCUT2D eigenvalue weighted by molar-refractivity contribution is 9.10. The lowest BCUT2D eigenvalue weighted by Crippen LogP contribution is -2.43. The molecule has 6 rings (SSSR count). The van der Waals surface area contributed by atoms with E-state index in [1.54, 1.807) is 7.11 Å². The van der Waals surface area contributed by atoms with Crippen LogP contribution in [0.1, 0.15) is 22.7 Å². The third kappa shape index (κ3) is 5.16. The van der Waals surface area contributed by atoms with Crippen molar-refractivity contribution in [3.63, 3.8) is 0 Å². The first-order valence-corrected chi connectivity index (χ1v) is 13.9. The van der Waals surface area contributed by atoms with Gasteiger partial charge in [-0.1, -0.05) is 48.5 Å². The molecule has 1 aliphatic carbocycles. The molecule has 0 aliphatic heterocycles. The summed E-state index contributed by atoms with van der Waals surface area (Å²) in [5.74, 6) is -0.611. The van der Waals surface area contributed by atoms with Gasteiger partial charge in [-0.05, 0) is 74.6 Å². The molecule has 206 valence electrons. The lowest BCUT2D eigenvalue weighted by molar-refractivity contribution is -0.139. The molecule has 2 aromatic heterocycles. The molecule has 0 radical (unpaired) electrons.